The molecule has 1 atom stereocenters. The number of carbonyl (C=O) groups excluding carboxylic acids is 3. The third-order valence-electron chi connectivity index (χ3n) is 5.01. The van der Waals surface area contributed by atoms with E-state index in [0.717, 1.165) is 34.3 Å². The lowest BCUT2D eigenvalue weighted by atomic mass is 10.0. The molecule has 0 aliphatic carbocycles. The lowest BCUT2D eigenvalue weighted by Crippen LogP contribution is -2.50. The fraction of sp³-hybridized carbons (Fsp3) is 0.389. The van der Waals surface area contributed by atoms with E-state index in [1.807, 2.05) is 18.2 Å². The minimum Gasteiger partial charge on any atom is -0.497 e. The topological polar surface area (TPSA) is 104 Å². The quantitative estimate of drug-likeness (QED) is 0.748. The van der Waals surface area contributed by atoms with Crippen LogP contribution in [0.2, 0.25) is 0 Å². The van der Waals surface area contributed by atoms with Crippen LogP contribution < -0.4 is 15.4 Å². The Hall–Kier alpha value is -3.03. The van der Waals surface area contributed by atoms with Crippen molar-refractivity contribution in [1.29, 1.82) is 0 Å². The lowest BCUT2D eigenvalue weighted by molar-refractivity contribution is -0.134. The van der Waals surface area contributed by atoms with Crippen molar-refractivity contribution in [2.24, 2.45) is 0 Å². The van der Waals surface area contributed by atoms with Gasteiger partial charge in [-0.3, -0.25) is 14.9 Å². The summed E-state index contributed by atoms with van der Waals surface area (Å²) >= 11 is 0. The molecule has 3 heterocycles. The number of aromatic amines is 1. The van der Waals surface area contributed by atoms with Crippen LogP contribution in [0.5, 0.6) is 5.75 Å². The Bertz CT molecular complexity index is 904. The zero-order valence-electron chi connectivity index (χ0n) is 14.4. The van der Waals surface area contributed by atoms with E-state index in [0.29, 0.717) is 19.5 Å². The third kappa shape index (κ3) is 2.87. The molecule has 2 aliphatic heterocycles. The molecule has 0 radical (unpaired) electrons. The molecule has 8 nitrogen and oxygen atoms in total. The van der Waals surface area contributed by atoms with Gasteiger partial charge >= 0.3 is 6.03 Å². The first-order valence-corrected chi connectivity index (χ1v) is 8.62. The summed E-state index contributed by atoms with van der Waals surface area (Å²) in [6.45, 7) is 1.04. The molecule has 2 aliphatic rings. The van der Waals surface area contributed by atoms with Crippen molar-refractivity contribution in [2.45, 2.75) is 31.8 Å². The molecule has 4 amide bonds. The number of hydrogen-bond donors (Lipinski definition) is 3. The first kappa shape index (κ1) is 16.4. The fourth-order valence-corrected chi connectivity index (χ4v) is 3.65. The van der Waals surface area contributed by atoms with Gasteiger partial charge in [0.25, 0.3) is 0 Å². The molecule has 1 saturated heterocycles. The van der Waals surface area contributed by atoms with E-state index < -0.39 is 12.1 Å². The number of methoxy groups -OCH3 is 1. The first-order valence-electron chi connectivity index (χ1n) is 8.62. The average molecular weight is 356 g/mol. The summed E-state index contributed by atoms with van der Waals surface area (Å²) < 4.78 is 5.31. The van der Waals surface area contributed by atoms with E-state index in [2.05, 4.69) is 15.6 Å². The van der Waals surface area contributed by atoms with Crippen LogP contribution in [-0.4, -0.2) is 47.4 Å². The van der Waals surface area contributed by atoms with E-state index in [9.17, 15) is 14.4 Å². The number of nitrogens with one attached hydrogen (secondary N) is 3. The molecule has 0 bridgehead atoms. The highest BCUT2D eigenvalue weighted by atomic mass is 16.5. The Kier molecular flexibility index (Phi) is 4.02. The molecule has 4 rings (SSSR count). The lowest BCUT2D eigenvalue weighted by Gasteiger charge is -2.30. The van der Waals surface area contributed by atoms with Crippen LogP contribution in [0.25, 0.3) is 10.9 Å². The molecule has 1 aromatic heterocycles. The van der Waals surface area contributed by atoms with Crippen LogP contribution >= 0.6 is 0 Å². The summed E-state index contributed by atoms with van der Waals surface area (Å²) in [6.07, 6.45) is 1.18. The van der Waals surface area contributed by atoms with Crippen LogP contribution in [0.4, 0.5) is 4.79 Å². The Morgan fingerprint density at radius 1 is 1.27 bits per heavy atom. The van der Waals surface area contributed by atoms with Gasteiger partial charge in [0.05, 0.1) is 7.11 Å². The third-order valence-corrected chi connectivity index (χ3v) is 5.01. The van der Waals surface area contributed by atoms with Gasteiger partial charge in [0.15, 0.2) is 0 Å². The number of urea groups is 1. The largest absolute Gasteiger partial charge is 0.497 e. The van der Waals surface area contributed by atoms with E-state index in [1.165, 1.54) is 0 Å². The van der Waals surface area contributed by atoms with Crippen LogP contribution in [0.3, 0.4) is 0 Å². The molecule has 0 saturated carbocycles. The number of H-pyrrole nitrogens is 1. The van der Waals surface area contributed by atoms with Gasteiger partial charge in [-0.25, -0.2) is 4.79 Å². The summed E-state index contributed by atoms with van der Waals surface area (Å²) in [5, 5.41) is 5.83. The molecular weight excluding hydrogens is 336 g/mol. The Morgan fingerprint density at radius 3 is 2.92 bits per heavy atom. The van der Waals surface area contributed by atoms with Gasteiger partial charge in [-0.05, 0) is 24.6 Å². The summed E-state index contributed by atoms with van der Waals surface area (Å²) in [6, 6.07) is 4.55. The second-order valence-corrected chi connectivity index (χ2v) is 6.62. The van der Waals surface area contributed by atoms with Gasteiger partial charge in [-0.1, -0.05) is 0 Å². The highest BCUT2D eigenvalue weighted by molar-refractivity contribution is 5.98. The molecule has 8 heteroatoms. The maximum Gasteiger partial charge on any atom is 0.322 e. The Balaban J connectivity index is 1.58. The van der Waals surface area contributed by atoms with Crippen LogP contribution in [-0.2, 0) is 22.6 Å². The molecule has 1 aromatic carbocycles. The normalized spacial score (nSPS) is 20.2. The van der Waals surface area contributed by atoms with E-state index in [1.54, 1.807) is 12.0 Å². The zero-order valence-corrected chi connectivity index (χ0v) is 14.4. The number of imide groups is 1. The van der Waals surface area contributed by atoms with Crippen LogP contribution in [0.1, 0.15) is 24.1 Å². The predicted octanol–water partition coefficient (Wildman–Crippen LogP) is 1.05. The summed E-state index contributed by atoms with van der Waals surface area (Å²) in [4.78, 5) is 41.2. The maximum atomic E-state index is 12.9. The number of aromatic nitrogens is 1. The number of carbonyl (C=O) groups is 3. The molecule has 0 spiro atoms. The minimum atomic E-state index is -0.678. The molecule has 2 aromatic rings. The second-order valence-electron chi connectivity index (χ2n) is 6.62. The van der Waals surface area contributed by atoms with Crippen molar-refractivity contribution >= 4 is 28.7 Å². The number of fused-ring (bicyclic) bond motifs is 3. The SMILES string of the molecule is COc1ccc2[nH]c3c(c2c1)CN(C(=O)[C@H]1CCC(=O)NC(=O)N1)CC3. The van der Waals surface area contributed by atoms with Gasteiger partial charge in [0.2, 0.25) is 11.8 Å². The van der Waals surface area contributed by atoms with E-state index in [4.69, 9.17) is 4.74 Å². The van der Waals surface area contributed by atoms with Crippen molar-refractivity contribution in [3.05, 3.63) is 29.5 Å². The minimum absolute atomic E-state index is 0.151. The predicted molar refractivity (Wildman–Crippen MR) is 93.7 cm³/mol. The smallest absolute Gasteiger partial charge is 0.322 e. The number of nitrogens with zero attached hydrogens (tertiary/aromatic N) is 1. The van der Waals surface area contributed by atoms with Crippen molar-refractivity contribution in [2.75, 3.05) is 13.7 Å². The van der Waals surface area contributed by atoms with Gasteiger partial charge in [0.1, 0.15) is 11.8 Å². The average Bonchev–Trinajstić information content (AvgIpc) is 2.91. The summed E-state index contributed by atoms with van der Waals surface area (Å²) in [5.41, 5.74) is 3.22. The Morgan fingerprint density at radius 2 is 2.12 bits per heavy atom. The van der Waals surface area contributed by atoms with Crippen LogP contribution in [0.15, 0.2) is 18.2 Å². The molecule has 26 heavy (non-hydrogen) atoms. The number of ether oxygens (including phenoxy) is 1. The van der Waals surface area contributed by atoms with Gasteiger partial charge in [-0.15, -0.1) is 0 Å². The fourth-order valence-electron chi connectivity index (χ4n) is 3.65. The van der Waals surface area contributed by atoms with Crippen LogP contribution in [0, 0.1) is 0 Å². The van der Waals surface area contributed by atoms with Crippen molar-refractivity contribution in [3.63, 3.8) is 0 Å². The maximum absolute atomic E-state index is 12.9. The number of hydrogen-bond acceptors (Lipinski definition) is 4. The number of rotatable bonds is 2. The Labute approximate surface area is 149 Å². The number of benzene rings is 1. The zero-order chi connectivity index (χ0) is 18.3. The standard InChI is InChI=1S/C18H20N4O4/c1-26-10-2-3-13-11(8-10)12-9-22(7-6-14(12)19-13)17(24)15-4-5-16(23)21-18(25)20-15/h2-3,8,15,19H,4-7,9H2,1H3,(H2,20,21,23,25)/t15-/m1/s1. The first-order chi connectivity index (χ1) is 12.5. The molecule has 0 unspecified atom stereocenters. The molecule has 136 valence electrons. The summed E-state index contributed by atoms with van der Waals surface area (Å²) in [7, 11) is 1.63. The van der Waals surface area contributed by atoms with Gasteiger partial charge < -0.3 is 19.9 Å². The number of amides is 4. The highest BCUT2D eigenvalue weighted by Gasteiger charge is 2.32. The van der Waals surface area contributed by atoms with Crippen molar-refractivity contribution in [3.8, 4) is 5.75 Å². The van der Waals surface area contributed by atoms with Gasteiger partial charge in [0, 0.05) is 48.1 Å². The van der Waals surface area contributed by atoms with E-state index in [-0.39, 0.29) is 18.2 Å². The van der Waals surface area contributed by atoms with Gasteiger partial charge in [-0.2, -0.15) is 0 Å². The monoisotopic (exact) mass is 356 g/mol. The summed E-state index contributed by atoms with van der Waals surface area (Å²) in [5.74, 6) is 0.253. The molecule has 1 fully saturated rings. The molecule has 3 N–H and O–H groups in total. The van der Waals surface area contributed by atoms with Crippen molar-refractivity contribution in [1.82, 2.24) is 20.5 Å². The highest BCUT2D eigenvalue weighted by Crippen LogP contribution is 2.30. The second kappa shape index (κ2) is 6.36. The molecular formula is C18H20N4O4. The van der Waals surface area contributed by atoms with Crippen molar-refractivity contribution < 1.29 is 19.1 Å². The van der Waals surface area contributed by atoms with E-state index >= 15 is 0 Å².